The third kappa shape index (κ3) is 2.07. The smallest absolute Gasteiger partial charge is 0.00574 e. The highest BCUT2D eigenvalue weighted by Crippen LogP contribution is 2.03. The quantitative estimate of drug-likeness (QED) is 0.618. The molecule has 1 heteroatoms. The highest BCUT2D eigenvalue weighted by molar-refractivity contribution is 7.80. The molecular weight excluding hydrogens is 140 g/mol. The molecule has 0 saturated heterocycles. The van der Waals surface area contributed by atoms with E-state index in [1.807, 2.05) is 0 Å². The Morgan fingerprint density at radius 3 is 2.30 bits per heavy atom. The van der Waals surface area contributed by atoms with Crippen LogP contribution in [0, 0.1) is 6.92 Å². The van der Waals surface area contributed by atoms with Crippen molar-refractivity contribution in [2.75, 3.05) is 5.75 Å². The molecule has 54 valence electrons. The van der Waals surface area contributed by atoms with E-state index in [0.29, 0.717) is 0 Å². The van der Waals surface area contributed by atoms with Crippen LogP contribution in [0.15, 0.2) is 24.3 Å². The van der Waals surface area contributed by atoms with E-state index in [1.165, 1.54) is 11.1 Å². The Morgan fingerprint density at radius 2 is 1.80 bits per heavy atom. The van der Waals surface area contributed by atoms with E-state index in [0.717, 1.165) is 12.2 Å². The highest BCUT2D eigenvalue weighted by Gasteiger charge is 1.88. The van der Waals surface area contributed by atoms with Crippen molar-refractivity contribution in [2.24, 2.45) is 0 Å². The van der Waals surface area contributed by atoms with Crippen molar-refractivity contribution in [3.05, 3.63) is 35.4 Å². The predicted octanol–water partition coefficient (Wildman–Crippen LogP) is 2.47. The van der Waals surface area contributed by atoms with Crippen LogP contribution < -0.4 is 0 Å². The molecule has 0 radical (unpaired) electrons. The molecule has 1 rings (SSSR count). The molecule has 10 heavy (non-hydrogen) atoms. The summed E-state index contributed by atoms with van der Waals surface area (Å²) in [5.74, 6) is 0.934. The van der Waals surface area contributed by atoms with Crippen molar-refractivity contribution >= 4 is 12.6 Å². The standard InChI is InChI=1S/C9H12S/c1-8-2-4-9(5-3-8)6-7-10/h2-5,10H,6-7H2,1H3. The van der Waals surface area contributed by atoms with Crippen LogP contribution in [0.25, 0.3) is 0 Å². The summed E-state index contributed by atoms with van der Waals surface area (Å²) in [5, 5.41) is 0. The van der Waals surface area contributed by atoms with Gasteiger partial charge in [0.05, 0.1) is 0 Å². The van der Waals surface area contributed by atoms with Crippen LogP contribution in [0.3, 0.4) is 0 Å². The van der Waals surface area contributed by atoms with Gasteiger partial charge in [0, 0.05) is 0 Å². The van der Waals surface area contributed by atoms with Gasteiger partial charge in [0.1, 0.15) is 0 Å². The van der Waals surface area contributed by atoms with E-state index >= 15 is 0 Å². The van der Waals surface area contributed by atoms with Gasteiger partial charge in [-0.15, -0.1) is 0 Å². The molecule has 0 aliphatic heterocycles. The Hall–Kier alpha value is -0.430. The van der Waals surface area contributed by atoms with Gasteiger partial charge in [-0.25, -0.2) is 0 Å². The summed E-state index contributed by atoms with van der Waals surface area (Å²) in [6.45, 7) is 2.10. The first-order chi connectivity index (χ1) is 4.83. The monoisotopic (exact) mass is 152 g/mol. The van der Waals surface area contributed by atoms with Gasteiger partial charge >= 0.3 is 0 Å². The van der Waals surface area contributed by atoms with Crippen molar-refractivity contribution in [3.63, 3.8) is 0 Å². The lowest BCUT2D eigenvalue weighted by molar-refractivity contribution is 1.16. The van der Waals surface area contributed by atoms with Gasteiger partial charge in [-0.05, 0) is 24.7 Å². The molecule has 0 fully saturated rings. The molecule has 0 N–H and O–H groups in total. The maximum Gasteiger partial charge on any atom is -0.00574 e. The number of benzene rings is 1. The second-order valence-corrected chi connectivity index (χ2v) is 2.91. The van der Waals surface area contributed by atoms with Gasteiger partial charge in [0.2, 0.25) is 0 Å². The molecule has 0 heterocycles. The Bertz CT molecular complexity index is 188. The van der Waals surface area contributed by atoms with E-state index in [9.17, 15) is 0 Å². The van der Waals surface area contributed by atoms with E-state index in [-0.39, 0.29) is 0 Å². The molecule has 0 aliphatic rings. The number of rotatable bonds is 2. The summed E-state index contributed by atoms with van der Waals surface area (Å²) in [6, 6.07) is 8.59. The second-order valence-electron chi connectivity index (χ2n) is 2.46. The van der Waals surface area contributed by atoms with Crippen molar-refractivity contribution < 1.29 is 0 Å². The minimum atomic E-state index is 0.934. The third-order valence-corrected chi connectivity index (χ3v) is 1.74. The normalized spacial score (nSPS) is 9.80. The summed E-state index contributed by atoms with van der Waals surface area (Å²) in [7, 11) is 0. The maximum absolute atomic E-state index is 4.16. The van der Waals surface area contributed by atoms with Crippen molar-refractivity contribution in [2.45, 2.75) is 13.3 Å². The van der Waals surface area contributed by atoms with Gasteiger partial charge < -0.3 is 0 Å². The van der Waals surface area contributed by atoms with Crippen LogP contribution >= 0.6 is 12.6 Å². The molecule has 0 atom stereocenters. The Balaban J connectivity index is 2.69. The van der Waals surface area contributed by atoms with E-state index in [1.54, 1.807) is 0 Å². The van der Waals surface area contributed by atoms with Crippen LogP contribution in [0.5, 0.6) is 0 Å². The molecule has 1 aromatic carbocycles. The van der Waals surface area contributed by atoms with Crippen molar-refractivity contribution in [1.82, 2.24) is 0 Å². The Morgan fingerprint density at radius 1 is 1.20 bits per heavy atom. The van der Waals surface area contributed by atoms with Gasteiger partial charge in [-0.3, -0.25) is 0 Å². The van der Waals surface area contributed by atoms with Gasteiger partial charge in [-0.2, -0.15) is 12.6 Å². The highest BCUT2D eigenvalue weighted by atomic mass is 32.1. The summed E-state index contributed by atoms with van der Waals surface area (Å²) < 4.78 is 0. The molecule has 0 amide bonds. The maximum atomic E-state index is 4.16. The van der Waals surface area contributed by atoms with Gasteiger partial charge in [0.25, 0.3) is 0 Å². The number of hydrogen-bond donors (Lipinski definition) is 1. The fourth-order valence-electron chi connectivity index (χ4n) is 0.884. The molecule has 0 unspecified atom stereocenters. The number of aryl methyl sites for hydroxylation is 2. The zero-order valence-corrected chi connectivity index (χ0v) is 7.07. The Labute approximate surface area is 67.7 Å². The molecule has 0 saturated carbocycles. The molecule has 1 aromatic rings. The van der Waals surface area contributed by atoms with Gasteiger partial charge in [-0.1, -0.05) is 29.8 Å². The summed E-state index contributed by atoms with van der Waals surface area (Å²) in [5.41, 5.74) is 2.70. The van der Waals surface area contributed by atoms with Crippen LogP contribution in [-0.4, -0.2) is 5.75 Å². The Kier molecular flexibility index (Phi) is 2.82. The fraction of sp³-hybridized carbons (Fsp3) is 0.333. The third-order valence-electron chi connectivity index (χ3n) is 1.52. The molecule has 0 aromatic heterocycles. The second kappa shape index (κ2) is 3.67. The molecule has 0 nitrogen and oxygen atoms in total. The number of thiol groups is 1. The fourth-order valence-corrected chi connectivity index (χ4v) is 1.14. The van der Waals surface area contributed by atoms with E-state index in [4.69, 9.17) is 0 Å². The van der Waals surface area contributed by atoms with Crippen LogP contribution in [0.2, 0.25) is 0 Å². The SMILES string of the molecule is Cc1ccc(CCS)cc1. The van der Waals surface area contributed by atoms with Crippen LogP contribution in [0.4, 0.5) is 0 Å². The zero-order chi connectivity index (χ0) is 7.40. The lowest BCUT2D eigenvalue weighted by atomic mass is 10.1. The molecular formula is C9H12S. The molecule has 0 spiro atoms. The first kappa shape index (κ1) is 7.67. The van der Waals surface area contributed by atoms with Crippen LogP contribution in [0.1, 0.15) is 11.1 Å². The lowest BCUT2D eigenvalue weighted by Crippen LogP contribution is -1.84. The zero-order valence-electron chi connectivity index (χ0n) is 6.17. The average molecular weight is 152 g/mol. The first-order valence-corrected chi connectivity index (χ1v) is 4.12. The molecule has 0 bridgehead atoms. The summed E-state index contributed by atoms with van der Waals surface area (Å²) in [6.07, 6.45) is 1.07. The van der Waals surface area contributed by atoms with Gasteiger partial charge in [0.15, 0.2) is 0 Å². The summed E-state index contributed by atoms with van der Waals surface area (Å²) >= 11 is 4.16. The minimum absolute atomic E-state index is 0.934. The number of hydrogen-bond acceptors (Lipinski definition) is 1. The van der Waals surface area contributed by atoms with Crippen molar-refractivity contribution in [1.29, 1.82) is 0 Å². The first-order valence-electron chi connectivity index (χ1n) is 3.49. The lowest BCUT2D eigenvalue weighted by Gasteiger charge is -1.96. The molecule has 0 aliphatic carbocycles. The van der Waals surface area contributed by atoms with Crippen molar-refractivity contribution in [3.8, 4) is 0 Å². The average Bonchev–Trinajstić information content (AvgIpc) is 1.95. The van der Waals surface area contributed by atoms with E-state index in [2.05, 4.69) is 43.8 Å². The van der Waals surface area contributed by atoms with E-state index < -0.39 is 0 Å². The predicted molar refractivity (Wildman–Crippen MR) is 48.7 cm³/mol. The minimum Gasteiger partial charge on any atom is -0.179 e. The van der Waals surface area contributed by atoms with Crippen LogP contribution in [-0.2, 0) is 6.42 Å². The topological polar surface area (TPSA) is 0 Å². The summed E-state index contributed by atoms with van der Waals surface area (Å²) in [4.78, 5) is 0. The largest absolute Gasteiger partial charge is 0.179 e.